The monoisotopic (exact) mass is 500 g/mol. The molecule has 0 saturated carbocycles. The Morgan fingerprint density at radius 3 is 2.65 bits per heavy atom. The number of halogens is 1. The van der Waals surface area contributed by atoms with Gasteiger partial charge >= 0.3 is 6.01 Å². The molecule has 11 heteroatoms. The standard InChI is InChI=1S/C23H25ClN6O3S/c1-23(2,3)32-13-18(21-28-29-22(26)33-21)30(12-15-8-9-16(10-25)27-11-15)20(31)14-34-19-7-5-4-6-17(19)24/h4-9,11,18H,12-14H2,1-3H3,(H2,26,29). The summed E-state index contributed by atoms with van der Waals surface area (Å²) >= 11 is 7.59. The summed E-state index contributed by atoms with van der Waals surface area (Å²) in [4.78, 5) is 20.0. The highest BCUT2D eigenvalue weighted by Gasteiger charge is 2.32. The zero-order chi connectivity index (χ0) is 24.7. The third-order valence-electron chi connectivity index (χ3n) is 4.59. The van der Waals surface area contributed by atoms with Crippen molar-refractivity contribution < 1.29 is 13.9 Å². The number of ether oxygens (including phenoxy) is 1. The molecule has 1 atom stereocenters. The summed E-state index contributed by atoms with van der Waals surface area (Å²) in [6.45, 7) is 6.03. The molecule has 0 spiro atoms. The summed E-state index contributed by atoms with van der Waals surface area (Å²) in [6.07, 6.45) is 1.56. The van der Waals surface area contributed by atoms with Gasteiger partial charge in [-0.15, -0.1) is 16.9 Å². The lowest BCUT2D eigenvalue weighted by Gasteiger charge is -2.32. The van der Waals surface area contributed by atoms with Gasteiger partial charge in [0, 0.05) is 17.6 Å². The molecule has 2 aromatic heterocycles. The molecule has 0 saturated heterocycles. The second kappa shape index (κ2) is 11.3. The highest BCUT2D eigenvalue weighted by Crippen LogP contribution is 2.30. The Bertz CT molecular complexity index is 1160. The van der Waals surface area contributed by atoms with Gasteiger partial charge in [-0.2, -0.15) is 5.26 Å². The van der Waals surface area contributed by atoms with Crippen molar-refractivity contribution in [2.75, 3.05) is 18.1 Å². The average molecular weight is 501 g/mol. The van der Waals surface area contributed by atoms with E-state index >= 15 is 0 Å². The lowest BCUT2D eigenvalue weighted by Crippen LogP contribution is -2.39. The first-order valence-corrected chi connectivity index (χ1v) is 11.8. The molecule has 0 aliphatic rings. The van der Waals surface area contributed by atoms with Crippen LogP contribution in [0, 0.1) is 11.3 Å². The van der Waals surface area contributed by atoms with E-state index in [-0.39, 0.29) is 42.4 Å². The molecule has 0 radical (unpaired) electrons. The van der Waals surface area contributed by atoms with Crippen LogP contribution in [0.1, 0.15) is 44.0 Å². The van der Waals surface area contributed by atoms with Gasteiger partial charge in [-0.1, -0.05) is 34.9 Å². The van der Waals surface area contributed by atoms with E-state index in [1.54, 1.807) is 29.3 Å². The first kappa shape index (κ1) is 25.5. The van der Waals surface area contributed by atoms with Crippen LogP contribution >= 0.6 is 23.4 Å². The Labute approximate surface area is 207 Å². The predicted octanol–water partition coefficient (Wildman–Crippen LogP) is 4.25. The van der Waals surface area contributed by atoms with E-state index in [4.69, 9.17) is 31.8 Å². The number of carbonyl (C=O) groups is 1. The van der Waals surface area contributed by atoms with Crippen molar-refractivity contribution in [3.05, 3.63) is 64.8 Å². The number of hydrogen-bond donors (Lipinski definition) is 1. The third-order valence-corrected chi connectivity index (χ3v) is 6.09. The second-order valence-electron chi connectivity index (χ2n) is 8.32. The van der Waals surface area contributed by atoms with Crippen LogP contribution in [0.5, 0.6) is 0 Å². The number of nitrogens with two attached hydrogens (primary N) is 1. The lowest BCUT2D eigenvalue weighted by atomic mass is 10.1. The molecule has 1 amide bonds. The van der Waals surface area contributed by atoms with Gasteiger partial charge in [0.15, 0.2) is 0 Å². The van der Waals surface area contributed by atoms with Crippen LogP contribution < -0.4 is 5.73 Å². The molecule has 1 aromatic carbocycles. The first-order chi connectivity index (χ1) is 16.2. The summed E-state index contributed by atoms with van der Waals surface area (Å²) in [5, 5.41) is 17.4. The molecular weight excluding hydrogens is 476 g/mol. The van der Waals surface area contributed by atoms with Crippen LogP contribution in [-0.2, 0) is 16.1 Å². The number of aromatic nitrogens is 3. The smallest absolute Gasteiger partial charge is 0.312 e. The van der Waals surface area contributed by atoms with Gasteiger partial charge in [0.1, 0.15) is 17.8 Å². The van der Waals surface area contributed by atoms with Crippen LogP contribution in [0.15, 0.2) is 51.9 Å². The molecule has 34 heavy (non-hydrogen) atoms. The summed E-state index contributed by atoms with van der Waals surface area (Å²) in [6, 6.07) is 11.9. The number of benzene rings is 1. The van der Waals surface area contributed by atoms with Crippen LogP contribution in [0.25, 0.3) is 0 Å². The average Bonchev–Trinajstić information content (AvgIpc) is 3.23. The lowest BCUT2D eigenvalue weighted by molar-refractivity contribution is -0.135. The summed E-state index contributed by atoms with van der Waals surface area (Å²) in [5.74, 6) is 0.0799. The zero-order valence-electron chi connectivity index (χ0n) is 19.1. The van der Waals surface area contributed by atoms with Crippen LogP contribution in [0.3, 0.4) is 0 Å². The van der Waals surface area contributed by atoms with Gasteiger partial charge in [-0.3, -0.25) is 4.79 Å². The fourth-order valence-electron chi connectivity index (χ4n) is 2.94. The molecule has 3 aromatic rings. The Kier molecular flexibility index (Phi) is 8.50. The minimum absolute atomic E-state index is 0.103. The number of carbonyl (C=O) groups excluding carboxylic acids is 1. The molecule has 9 nitrogen and oxygen atoms in total. The topological polar surface area (TPSA) is 131 Å². The fraction of sp³-hybridized carbons (Fsp3) is 0.348. The van der Waals surface area contributed by atoms with E-state index in [2.05, 4.69) is 15.2 Å². The molecule has 0 aliphatic heterocycles. The summed E-state index contributed by atoms with van der Waals surface area (Å²) in [7, 11) is 0. The van der Waals surface area contributed by atoms with Crippen molar-refractivity contribution in [2.24, 2.45) is 0 Å². The van der Waals surface area contributed by atoms with Gasteiger partial charge in [0.2, 0.25) is 11.8 Å². The van der Waals surface area contributed by atoms with E-state index < -0.39 is 11.6 Å². The normalized spacial score (nSPS) is 12.2. The van der Waals surface area contributed by atoms with E-state index in [1.165, 1.54) is 11.8 Å². The van der Waals surface area contributed by atoms with E-state index in [1.807, 2.05) is 45.0 Å². The van der Waals surface area contributed by atoms with Gasteiger partial charge in [-0.05, 0) is 44.5 Å². The molecule has 178 valence electrons. The van der Waals surface area contributed by atoms with Crippen molar-refractivity contribution in [1.29, 1.82) is 5.26 Å². The molecule has 0 fully saturated rings. The Morgan fingerprint density at radius 2 is 2.06 bits per heavy atom. The number of nitrogens with zero attached hydrogens (tertiary/aromatic N) is 5. The van der Waals surface area contributed by atoms with Crippen LogP contribution in [0.4, 0.5) is 6.01 Å². The highest BCUT2D eigenvalue weighted by molar-refractivity contribution is 8.00. The molecule has 0 bridgehead atoms. The number of rotatable bonds is 9. The number of nitriles is 1. The predicted molar refractivity (Wildman–Crippen MR) is 129 cm³/mol. The summed E-state index contributed by atoms with van der Waals surface area (Å²) in [5.41, 5.74) is 6.21. The zero-order valence-corrected chi connectivity index (χ0v) is 20.6. The van der Waals surface area contributed by atoms with E-state index in [0.717, 1.165) is 10.5 Å². The van der Waals surface area contributed by atoms with Crippen molar-refractivity contribution in [3.63, 3.8) is 0 Å². The number of anilines is 1. The number of hydrogen-bond acceptors (Lipinski definition) is 9. The number of pyridine rings is 1. The Hall–Kier alpha value is -3.13. The SMILES string of the molecule is CC(C)(C)OCC(c1nnc(N)o1)N(Cc1ccc(C#N)nc1)C(=O)CSc1ccccc1Cl. The van der Waals surface area contributed by atoms with E-state index in [0.29, 0.717) is 5.02 Å². The van der Waals surface area contributed by atoms with Crippen molar-refractivity contribution in [2.45, 2.75) is 43.9 Å². The molecule has 1 unspecified atom stereocenters. The molecular formula is C23H25ClN6O3S. The molecule has 2 N–H and O–H groups in total. The van der Waals surface area contributed by atoms with Gasteiger partial charge in [0.05, 0.1) is 23.0 Å². The van der Waals surface area contributed by atoms with Crippen molar-refractivity contribution >= 4 is 35.3 Å². The van der Waals surface area contributed by atoms with Gasteiger partial charge < -0.3 is 19.8 Å². The highest BCUT2D eigenvalue weighted by atomic mass is 35.5. The minimum Gasteiger partial charge on any atom is -0.406 e. The first-order valence-electron chi connectivity index (χ1n) is 10.4. The van der Waals surface area contributed by atoms with Crippen molar-refractivity contribution in [3.8, 4) is 6.07 Å². The molecule has 0 aliphatic carbocycles. The number of amides is 1. The quantitative estimate of drug-likeness (QED) is 0.428. The Balaban J connectivity index is 1.91. The maximum absolute atomic E-state index is 13.5. The summed E-state index contributed by atoms with van der Waals surface area (Å²) < 4.78 is 11.5. The molecule has 2 heterocycles. The largest absolute Gasteiger partial charge is 0.406 e. The number of thioether (sulfide) groups is 1. The van der Waals surface area contributed by atoms with Crippen LogP contribution in [0.2, 0.25) is 5.02 Å². The van der Waals surface area contributed by atoms with E-state index in [9.17, 15) is 4.79 Å². The van der Waals surface area contributed by atoms with Gasteiger partial charge in [-0.25, -0.2) is 4.98 Å². The minimum atomic E-state index is -0.695. The van der Waals surface area contributed by atoms with Crippen LogP contribution in [-0.4, -0.2) is 43.9 Å². The number of nitrogen functional groups attached to an aromatic ring is 1. The molecule has 3 rings (SSSR count). The van der Waals surface area contributed by atoms with Crippen molar-refractivity contribution in [1.82, 2.24) is 20.1 Å². The fourth-order valence-corrected chi connectivity index (χ4v) is 4.07. The van der Waals surface area contributed by atoms with Gasteiger partial charge in [0.25, 0.3) is 0 Å². The Morgan fingerprint density at radius 1 is 1.29 bits per heavy atom. The maximum Gasteiger partial charge on any atom is 0.312 e. The second-order valence-corrected chi connectivity index (χ2v) is 9.75. The third kappa shape index (κ3) is 7.18. The maximum atomic E-state index is 13.5.